The maximum Gasteiger partial charge on any atom is 0.419 e. The largest absolute Gasteiger partial charge is 0.419 e. The Morgan fingerprint density at radius 2 is 1.73 bits per heavy atom. The van der Waals surface area contributed by atoms with E-state index in [-0.39, 0.29) is 17.6 Å². The van der Waals surface area contributed by atoms with Crippen molar-refractivity contribution in [2.24, 2.45) is 0 Å². The Labute approximate surface area is 166 Å². The highest BCUT2D eigenvalue weighted by molar-refractivity contribution is 5.92. The van der Waals surface area contributed by atoms with Gasteiger partial charge in [-0.15, -0.1) is 0 Å². The van der Waals surface area contributed by atoms with Gasteiger partial charge in [0, 0.05) is 17.2 Å². The molecule has 156 valence electrons. The smallest absolute Gasteiger partial charge is 0.344 e. The van der Waals surface area contributed by atoms with E-state index < -0.39 is 46.4 Å². The van der Waals surface area contributed by atoms with Crippen LogP contribution in [0.15, 0.2) is 53.3 Å². The van der Waals surface area contributed by atoms with Gasteiger partial charge in [0.25, 0.3) is 11.5 Å². The molecule has 2 N–H and O–H groups in total. The van der Waals surface area contributed by atoms with Crippen LogP contribution in [0.25, 0.3) is 11.4 Å². The van der Waals surface area contributed by atoms with E-state index in [1.165, 1.54) is 6.92 Å². The third-order valence-corrected chi connectivity index (χ3v) is 4.23. The van der Waals surface area contributed by atoms with Gasteiger partial charge in [0.2, 0.25) is 0 Å². The van der Waals surface area contributed by atoms with Crippen molar-refractivity contribution in [1.29, 1.82) is 0 Å². The lowest BCUT2D eigenvalue weighted by Gasteiger charge is -2.17. The summed E-state index contributed by atoms with van der Waals surface area (Å²) < 4.78 is 66.0. The molecule has 0 aliphatic carbocycles. The summed E-state index contributed by atoms with van der Waals surface area (Å²) in [6.45, 7) is 1.26. The zero-order valence-electron chi connectivity index (χ0n) is 15.3. The number of carbonyl (C=O) groups excluding carboxylic acids is 1. The molecule has 0 unspecified atom stereocenters. The molecule has 3 rings (SSSR count). The van der Waals surface area contributed by atoms with Crippen LogP contribution in [-0.4, -0.2) is 15.9 Å². The van der Waals surface area contributed by atoms with Gasteiger partial charge in [0.15, 0.2) is 0 Å². The van der Waals surface area contributed by atoms with Crippen LogP contribution in [0.5, 0.6) is 0 Å². The predicted octanol–water partition coefficient (Wildman–Crippen LogP) is 4.22. The van der Waals surface area contributed by atoms with Gasteiger partial charge in [-0.05, 0) is 19.1 Å². The number of H-pyrrole nitrogens is 1. The van der Waals surface area contributed by atoms with Crippen LogP contribution >= 0.6 is 0 Å². The molecule has 1 aromatic heterocycles. The number of aromatic nitrogens is 2. The molecule has 1 atom stereocenters. The standard InChI is InChI=1S/C20H14F5N3O2/c1-10(12-7-15(22)13(8-14(12)21)20(23,24)25)26-19(30)16-9-17(29)28-18(27-16)11-5-3-2-4-6-11/h2-10H,1H3,(H,26,30)(H,27,28,29)/t10-/m1/s1. The van der Waals surface area contributed by atoms with Gasteiger partial charge >= 0.3 is 6.18 Å². The molecule has 0 spiro atoms. The lowest BCUT2D eigenvalue weighted by Crippen LogP contribution is -2.29. The van der Waals surface area contributed by atoms with E-state index in [0.29, 0.717) is 11.6 Å². The summed E-state index contributed by atoms with van der Waals surface area (Å²) in [6.07, 6.45) is -5.06. The van der Waals surface area contributed by atoms with Crippen molar-refractivity contribution >= 4 is 5.91 Å². The minimum absolute atomic E-state index is 0.0340. The molecule has 3 aromatic rings. The zero-order valence-corrected chi connectivity index (χ0v) is 15.3. The van der Waals surface area contributed by atoms with E-state index in [1.54, 1.807) is 30.3 Å². The van der Waals surface area contributed by atoms with Gasteiger partial charge in [-0.1, -0.05) is 30.3 Å². The molecular formula is C20H14F5N3O2. The Morgan fingerprint density at radius 1 is 1.07 bits per heavy atom. The highest BCUT2D eigenvalue weighted by atomic mass is 19.4. The maximum atomic E-state index is 14.1. The Hall–Kier alpha value is -3.56. The molecule has 0 saturated heterocycles. The highest BCUT2D eigenvalue weighted by Crippen LogP contribution is 2.33. The van der Waals surface area contributed by atoms with E-state index in [1.807, 2.05) is 0 Å². The highest BCUT2D eigenvalue weighted by Gasteiger charge is 2.35. The monoisotopic (exact) mass is 423 g/mol. The number of halogens is 5. The van der Waals surface area contributed by atoms with Crippen molar-refractivity contribution in [2.45, 2.75) is 19.1 Å². The van der Waals surface area contributed by atoms with Crippen LogP contribution in [0.3, 0.4) is 0 Å². The van der Waals surface area contributed by atoms with Crippen molar-refractivity contribution in [2.75, 3.05) is 0 Å². The van der Waals surface area contributed by atoms with E-state index in [9.17, 15) is 31.5 Å². The molecule has 10 heteroatoms. The molecule has 1 heterocycles. The minimum atomic E-state index is -5.06. The van der Waals surface area contributed by atoms with Crippen LogP contribution in [0, 0.1) is 11.6 Å². The molecular weight excluding hydrogens is 409 g/mol. The molecule has 1 amide bonds. The Morgan fingerprint density at radius 3 is 2.37 bits per heavy atom. The molecule has 0 aliphatic rings. The molecule has 0 aliphatic heterocycles. The fourth-order valence-electron chi connectivity index (χ4n) is 2.77. The molecule has 0 fully saturated rings. The minimum Gasteiger partial charge on any atom is -0.344 e. The molecule has 0 bridgehead atoms. The van der Waals surface area contributed by atoms with E-state index >= 15 is 0 Å². The lowest BCUT2D eigenvalue weighted by molar-refractivity contribution is -0.140. The number of nitrogens with zero attached hydrogens (tertiary/aromatic N) is 1. The van der Waals surface area contributed by atoms with Crippen LogP contribution in [0.1, 0.15) is 34.6 Å². The van der Waals surface area contributed by atoms with Crippen molar-refractivity contribution in [3.8, 4) is 11.4 Å². The summed E-state index contributed by atoms with van der Waals surface area (Å²) in [7, 11) is 0. The number of aromatic amines is 1. The predicted molar refractivity (Wildman–Crippen MR) is 97.5 cm³/mol. The second-order valence-electron chi connectivity index (χ2n) is 6.39. The summed E-state index contributed by atoms with van der Waals surface area (Å²) in [5, 5.41) is 2.30. The summed E-state index contributed by atoms with van der Waals surface area (Å²) in [5.41, 5.74) is -2.60. The Kier molecular flexibility index (Phi) is 5.68. The Balaban J connectivity index is 1.87. The number of nitrogens with one attached hydrogen (secondary N) is 2. The second-order valence-corrected chi connectivity index (χ2v) is 6.39. The van der Waals surface area contributed by atoms with Gasteiger partial charge in [-0.2, -0.15) is 13.2 Å². The van der Waals surface area contributed by atoms with Gasteiger partial charge in [0.05, 0.1) is 11.6 Å². The molecule has 0 saturated carbocycles. The summed E-state index contributed by atoms with van der Waals surface area (Å²) >= 11 is 0. The summed E-state index contributed by atoms with van der Waals surface area (Å²) in [4.78, 5) is 30.9. The molecule has 5 nitrogen and oxygen atoms in total. The topological polar surface area (TPSA) is 74.8 Å². The van der Waals surface area contributed by atoms with Crippen LogP contribution in [0.4, 0.5) is 22.0 Å². The summed E-state index contributed by atoms with van der Waals surface area (Å²) in [5.74, 6) is -3.76. The first-order valence-electron chi connectivity index (χ1n) is 8.60. The first-order valence-corrected chi connectivity index (χ1v) is 8.60. The van der Waals surface area contributed by atoms with E-state index in [4.69, 9.17) is 0 Å². The van der Waals surface area contributed by atoms with Gasteiger partial charge < -0.3 is 10.3 Å². The lowest BCUT2D eigenvalue weighted by atomic mass is 10.0. The fraction of sp³-hybridized carbons (Fsp3) is 0.150. The van der Waals surface area contributed by atoms with E-state index in [0.717, 1.165) is 6.07 Å². The quantitative estimate of drug-likeness (QED) is 0.617. The van der Waals surface area contributed by atoms with Gasteiger partial charge in [0.1, 0.15) is 23.2 Å². The zero-order chi connectivity index (χ0) is 22.1. The molecule has 0 radical (unpaired) electrons. The van der Waals surface area contributed by atoms with Crippen molar-refractivity contribution in [1.82, 2.24) is 15.3 Å². The van der Waals surface area contributed by atoms with Crippen molar-refractivity contribution in [3.63, 3.8) is 0 Å². The number of hydrogen-bond acceptors (Lipinski definition) is 3. The number of amides is 1. The Bertz CT molecular complexity index is 1140. The first-order chi connectivity index (χ1) is 14.1. The van der Waals surface area contributed by atoms with Crippen LogP contribution in [0.2, 0.25) is 0 Å². The first kappa shape index (κ1) is 21.2. The van der Waals surface area contributed by atoms with Crippen molar-refractivity contribution < 1.29 is 26.7 Å². The third kappa shape index (κ3) is 4.53. The number of rotatable bonds is 4. The van der Waals surface area contributed by atoms with Gasteiger partial charge in [-0.25, -0.2) is 13.8 Å². The van der Waals surface area contributed by atoms with E-state index in [2.05, 4.69) is 15.3 Å². The fourth-order valence-corrected chi connectivity index (χ4v) is 2.77. The van der Waals surface area contributed by atoms with Crippen LogP contribution in [-0.2, 0) is 6.18 Å². The molecule has 30 heavy (non-hydrogen) atoms. The molecule has 2 aromatic carbocycles. The third-order valence-electron chi connectivity index (χ3n) is 4.23. The number of carbonyl (C=O) groups is 1. The van der Waals surface area contributed by atoms with Crippen molar-refractivity contribution in [3.05, 3.63) is 87.3 Å². The SMILES string of the molecule is C[C@@H](NC(=O)c1cc(=O)[nH]c(-c2ccccc2)n1)c1cc(F)c(C(F)(F)F)cc1F. The average Bonchev–Trinajstić information content (AvgIpc) is 2.68. The van der Waals surface area contributed by atoms with Crippen LogP contribution < -0.4 is 10.9 Å². The number of benzene rings is 2. The number of hydrogen-bond donors (Lipinski definition) is 2. The van der Waals surface area contributed by atoms with Gasteiger partial charge in [-0.3, -0.25) is 9.59 Å². The summed E-state index contributed by atoms with van der Waals surface area (Å²) in [6, 6.07) is 8.59. The number of alkyl halides is 3. The average molecular weight is 423 g/mol. The normalized spacial score (nSPS) is 12.5. The maximum absolute atomic E-state index is 14.1. The second kappa shape index (κ2) is 8.05.